The highest BCUT2D eigenvalue weighted by Gasteiger charge is 2.09. The molecule has 0 bridgehead atoms. The Balaban J connectivity index is 1.66. The van der Waals surface area contributed by atoms with Crippen LogP contribution in [0, 0.1) is 13.8 Å². The van der Waals surface area contributed by atoms with E-state index < -0.39 is 0 Å². The second-order valence-corrected chi connectivity index (χ2v) is 5.95. The van der Waals surface area contributed by atoms with Crippen molar-refractivity contribution in [2.24, 2.45) is 0 Å². The van der Waals surface area contributed by atoms with E-state index >= 15 is 0 Å². The first-order valence-electron chi connectivity index (χ1n) is 7.47. The predicted octanol–water partition coefficient (Wildman–Crippen LogP) is 4.54. The molecule has 0 radical (unpaired) electrons. The molecule has 0 amide bonds. The van der Waals surface area contributed by atoms with Crippen molar-refractivity contribution in [3.8, 4) is 0 Å². The lowest BCUT2D eigenvalue weighted by molar-refractivity contribution is 0.464. The van der Waals surface area contributed by atoms with Crippen molar-refractivity contribution < 1.29 is 4.42 Å². The van der Waals surface area contributed by atoms with Crippen molar-refractivity contribution in [3.05, 3.63) is 76.0 Å². The van der Waals surface area contributed by atoms with Gasteiger partial charge in [0, 0.05) is 0 Å². The van der Waals surface area contributed by atoms with Gasteiger partial charge in [0.15, 0.2) is 0 Å². The van der Waals surface area contributed by atoms with Crippen LogP contribution in [0.15, 0.2) is 46.9 Å². The van der Waals surface area contributed by atoms with Gasteiger partial charge in [-0.05, 0) is 36.6 Å². The van der Waals surface area contributed by atoms with Crippen molar-refractivity contribution in [2.45, 2.75) is 26.8 Å². The summed E-state index contributed by atoms with van der Waals surface area (Å²) in [6.07, 6.45) is 0.637. The Hall–Kier alpha value is -2.33. The van der Waals surface area contributed by atoms with Crippen LogP contribution in [0.4, 0.5) is 5.69 Å². The molecule has 0 aliphatic heterocycles. The lowest BCUT2D eigenvalue weighted by atomic mass is 10.1. The number of nitrogens with one attached hydrogen (secondary N) is 1. The molecule has 5 heteroatoms. The summed E-state index contributed by atoms with van der Waals surface area (Å²) in [5, 5.41) is 12.1. The average Bonchev–Trinajstić information content (AvgIpc) is 2.94. The van der Waals surface area contributed by atoms with E-state index in [4.69, 9.17) is 16.0 Å². The number of halogens is 1. The summed E-state index contributed by atoms with van der Waals surface area (Å²) in [4.78, 5) is 0. The Labute approximate surface area is 140 Å². The first-order chi connectivity index (χ1) is 11.1. The number of rotatable bonds is 5. The molecule has 4 nitrogen and oxygen atoms in total. The van der Waals surface area contributed by atoms with Crippen LogP contribution in [-0.4, -0.2) is 10.2 Å². The first-order valence-corrected chi connectivity index (χ1v) is 7.85. The molecular weight excluding hydrogens is 310 g/mol. The summed E-state index contributed by atoms with van der Waals surface area (Å²) in [7, 11) is 0. The van der Waals surface area contributed by atoms with E-state index in [2.05, 4.69) is 21.6 Å². The van der Waals surface area contributed by atoms with Crippen LogP contribution in [0.5, 0.6) is 0 Å². The summed E-state index contributed by atoms with van der Waals surface area (Å²) in [5.74, 6) is 1.16. The first kappa shape index (κ1) is 15.6. The zero-order chi connectivity index (χ0) is 16.2. The van der Waals surface area contributed by atoms with Gasteiger partial charge in [0.2, 0.25) is 11.8 Å². The van der Waals surface area contributed by atoms with E-state index in [1.807, 2.05) is 50.2 Å². The minimum absolute atomic E-state index is 0.450. The molecule has 2 aromatic carbocycles. The van der Waals surface area contributed by atoms with Gasteiger partial charge in [0.1, 0.15) is 0 Å². The second-order valence-electron chi connectivity index (χ2n) is 5.54. The molecule has 3 aromatic rings. The van der Waals surface area contributed by atoms with Gasteiger partial charge in [0.05, 0.1) is 23.7 Å². The highest BCUT2D eigenvalue weighted by atomic mass is 35.5. The average molecular weight is 328 g/mol. The summed E-state index contributed by atoms with van der Waals surface area (Å²) in [6, 6.07) is 14.1. The Kier molecular flexibility index (Phi) is 4.63. The quantitative estimate of drug-likeness (QED) is 0.747. The Bertz CT molecular complexity index is 776. The zero-order valence-electron chi connectivity index (χ0n) is 13.1. The molecule has 0 saturated carbocycles. The molecule has 0 saturated heterocycles. The second kappa shape index (κ2) is 6.84. The Morgan fingerprint density at radius 2 is 1.78 bits per heavy atom. The molecule has 1 N–H and O–H groups in total. The van der Waals surface area contributed by atoms with E-state index in [1.54, 1.807) is 0 Å². The minimum atomic E-state index is 0.450. The van der Waals surface area contributed by atoms with Crippen LogP contribution in [0.2, 0.25) is 5.02 Å². The number of hydrogen-bond acceptors (Lipinski definition) is 4. The Morgan fingerprint density at radius 3 is 2.52 bits per heavy atom. The molecule has 23 heavy (non-hydrogen) atoms. The van der Waals surface area contributed by atoms with Crippen LogP contribution in [-0.2, 0) is 13.0 Å². The van der Waals surface area contributed by atoms with Gasteiger partial charge in [-0.2, -0.15) is 0 Å². The number of benzene rings is 2. The van der Waals surface area contributed by atoms with Gasteiger partial charge < -0.3 is 9.73 Å². The fourth-order valence-electron chi connectivity index (χ4n) is 2.51. The maximum Gasteiger partial charge on any atom is 0.235 e. The molecule has 0 fully saturated rings. The molecule has 3 rings (SSSR count). The predicted molar refractivity (Wildman–Crippen MR) is 91.8 cm³/mol. The maximum absolute atomic E-state index is 6.28. The van der Waals surface area contributed by atoms with Crippen LogP contribution in [0.3, 0.4) is 0 Å². The largest absolute Gasteiger partial charge is 0.423 e. The van der Waals surface area contributed by atoms with Crippen LogP contribution < -0.4 is 5.32 Å². The SMILES string of the molecule is Cc1cc(C)c(NCc2nnc(Cc3ccccc3)o2)c(Cl)c1. The van der Waals surface area contributed by atoms with E-state index in [0.29, 0.717) is 29.8 Å². The highest BCUT2D eigenvalue weighted by Crippen LogP contribution is 2.27. The lowest BCUT2D eigenvalue weighted by Gasteiger charge is -2.10. The molecule has 0 atom stereocenters. The van der Waals surface area contributed by atoms with Gasteiger partial charge >= 0.3 is 0 Å². The smallest absolute Gasteiger partial charge is 0.235 e. The minimum Gasteiger partial charge on any atom is -0.423 e. The molecule has 0 aliphatic carbocycles. The summed E-state index contributed by atoms with van der Waals surface area (Å²) >= 11 is 6.28. The standard InChI is InChI=1S/C18H18ClN3O/c1-12-8-13(2)18(15(19)9-12)20-11-17-22-21-16(23-17)10-14-6-4-3-5-7-14/h3-9,20H,10-11H2,1-2H3. The van der Waals surface area contributed by atoms with Crippen molar-refractivity contribution in [1.29, 1.82) is 0 Å². The van der Waals surface area contributed by atoms with E-state index in [-0.39, 0.29) is 0 Å². The highest BCUT2D eigenvalue weighted by molar-refractivity contribution is 6.33. The lowest BCUT2D eigenvalue weighted by Crippen LogP contribution is -2.02. The van der Waals surface area contributed by atoms with Gasteiger partial charge in [-0.15, -0.1) is 10.2 Å². The van der Waals surface area contributed by atoms with Crippen molar-refractivity contribution >= 4 is 17.3 Å². The molecule has 0 aliphatic rings. The van der Waals surface area contributed by atoms with Gasteiger partial charge in [-0.1, -0.05) is 48.0 Å². The fraction of sp³-hybridized carbons (Fsp3) is 0.222. The van der Waals surface area contributed by atoms with Gasteiger partial charge in [0.25, 0.3) is 0 Å². The number of aromatic nitrogens is 2. The number of nitrogens with zero attached hydrogens (tertiary/aromatic N) is 2. The van der Waals surface area contributed by atoms with Crippen LogP contribution >= 0.6 is 11.6 Å². The molecule has 118 valence electrons. The molecular formula is C18H18ClN3O. The van der Waals surface area contributed by atoms with E-state index in [0.717, 1.165) is 22.4 Å². The summed E-state index contributed by atoms with van der Waals surface area (Å²) < 4.78 is 5.68. The van der Waals surface area contributed by atoms with Crippen molar-refractivity contribution in [2.75, 3.05) is 5.32 Å². The maximum atomic E-state index is 6.28. The summed E-state index contributed by atoms with van der Waals surface area (Å²) in [5.41, 5.74) is 4.29. The molecule has 1 heterocycles. The summed E-state index contributed by atoms with van der Waals surface area (Å²) in [6.45, 7) is 4.50. The third-order valence-corrected chi connectivity index (χ3v) is 3.85. The zero-order valence-corrected chi connectivity index (χ0v) is 13.9. The monoisotopic (exact) mass is 327 g/mol. The van der Waals surface area contributed by atoms with Crippen molar-refractivity contribution in [3.63, 3.8) is 0 Å². The number of anilines is 1. The van der Waals surface area contributed by atoms with Crippen molar-refractivity contribution in [1.82, 2.24) is 10.2 Å². The third kappa shape index (κ3) is 3.90. The molecule has 0 unspecified atom stereocenters. The number of aryl methyl sites for hydroxylation is 2. The third-order valence-electron chi connectivity index (χ3n) is 3.55. The Morgan fingerprint density at radius 1 is 1.04 bits per heavy atom. The van der Waals surface area contributed by atoms with Crippen LogP contribution in [0.25, 0.3) is 0 Å². The van der Waals surface area contributed by atoms with Gasteiger partial charge in [-0.25, -0.2) is 0 Å². The van der Waals surface area contributed by atoms with E-state index in [9.17, 15) is 0 Å². The normalized spacial score (nSPS) is 10.7. The van der Waals surface area contributed by atoms with Crippen LogP contribution in [0.1, 0.15) is 28.5 Å². The topological polar surface area (TPSA) is 51.0 Å². The molecule has 0 spiro atoms. The molecule has 1 aromatic heterocycles. The van der Waals surface area contributed by atoms with Gasteiger partial charge in [-0.3, -0.25) is 0 Å². The van der Waals surface area contributed by atoms with E-state index in [1.165, 1.54) is 0 Å². The fourth-order valence-corrected chi connectivity index (χ4v) is 2.89. The number of hydrogen-bond donors (Lipinski definition) is 1.